The standard InChI is InChI=1S/C13H18BrNO3/c1-2-18-12(16)7-4-8-15-9-10-5-3-6-11(14)13(10)17/h3,5-6,15,17H,2,4,7-9H2,1H3. The molecular weight excluding hydrogens is 298 g/mol. The minimum atomic E-state index is -0.162. The van der Waals surface area contributed by atoms with Crippen LogP contribution in [0.15, 0.2) is 22.7 Å². The summed E-state index contributed by atoms with van der Waals surface area (Å²) < 4.78 is 5.52. The van der Waals surface area contributed by atoms with Crippen molar-refractivity contribution in [3.8, 4) is 5.75 Å². The van der Waals surface area contributed by atoms with Gasteiger partial charge in [-0.3, -0.25) is 4.79 Å². The monoisotopic (exact) mass is 315 g/mol. The van der Waals surface area contributed by atoms with Crippen LogP contribution in [0.25, 0.3) is 0 Å². The van der Waals surface area contributed by atoms with Gasteiger partial charge in [-0.15, -0.1) is 0 Å². The molecular formula is C13H18BrNO3. The maximum atomic E-state index is 11.1. The van der Waals surface area contributed by atoms with E-state index in [1.807, 2.05) is 12.1 Å². The lowest BCUT2D eigenvalue weighted by Gasteiger charge is -2.07. The molecule has 0 spiro atoms. The number of aromatic hydroxyl groups is 1. The number of hydrogen-bond acceptors (Lipinski definition) is 4. The second kappa shape index (κ2) is 8.11. The summed E-state index contributed by atoms with van der Waals surface area (Å²) in [6.45, 7) is 3.52. The van der Waals surface area contributed by atoms with Gasteiger partial charge in [0.25, 0.3) is 0 Å². The van der Waals surface area contributed by atoms with Crippen molar-refractivity contribution in [2.75, 3.05) is 13.2 Å². The molecule has 18 heavy (non-hydrogen) atoms. The fourth-order valence-electron chi connectivity index (χ4n) is 1.52. The van der Waals surface area contributed by atoms with Gasteiger partial charge in [-0.2, -0.15) is 0 Å². The molecule has 0 bridgehead atoms. The van der Waals surface area contributed by atoms with E-state index >= 15 is 0 Å². The van der Waals surface area contributed by atoms with Crippen molar-refractivity contribution < 1.29 is 14.6 Å². The summed E-state index contributed by atoms with van der Waals surface area (Å²) in [5.41, 5.74) is 0.834. The average Bonchev–Trinajstić information content (AvgIpc) is 2.34. The highest BCUT2D eigenvalue weighted by Gasteiger charge is 2.04. The van der Waals surface area contributed by atoms with Crippen molar-refractivity contribution >= 4 is 21.9 Å². The van der Waals surface area contributed by atoms with Gasteiger partial charge in [0, 0.05) is 18.5 Å². The molecule has 0 saturated carbocycles. The number of rotatable bonds is 7. The summed E-state index contributed by atoms with van der Waals surface area (Å²) >= 11 is 3.27. The average molecular weight is 316 g/mol. The predicted molar refractivity (Wildman–Crippen MR) is 73.4 cm³/mol. The predicted octanol–water partition coefficient (Wildman–Crippen LogP) is 2.59. The maximum Gasteiger partial charge on any atom is 0.305 e. The smallest absolute Gasteiger partial charge is 0.305 e. The SMILES string of the molecule is CCOC(=O)CCCNCc1cccc(Br)c1O. The van der Waals surface area contributed by atoms with Gasteiger partial charge in [-0.1, -0.05) is 12.1 Å². The van der Waals surface area contributed by atoms with E-state index in [0.717, 1.165) is 12.0 Å². The number of nitrogens with one attached hydrogen (secondary N) is 1. The van der Waals surface area contributed by atoms with Crippen LogP contribution in [0, 0.1) is 0 Å². The number of phenols is 1. The topological polar surface area (TPSA) is 58.6 Å². The Labute approximate surface area is 115 Å². The van der Waals surface area contributed by atoms with Crippen molar-refractivity contribution in [2.45, 2.75) is 26.3 Å². The van der Waals surface area contributed by atoms with Crippen LogP contribution >= 0.6 is 15.9 Å². The molecule has 1 aromatic carbocycles. The minimum Gasteiger partial charge on any atom is -0.506 e. The molecule has 1 aromatic rings. The summed E-state index contributed by atoms with van der Waals surface area (Å²) in [7, 11) is 0. The Morgan fingerprint density at radius 3 is 3.00 bits per heavy atom. The van der Waals surface area contributed by atoms with Crippen molar-refractivity contribution in [1.82, 2.24) is 5.32 Å². The number of carbonyl (C=O) groups excluding carboxylic acids is 1. The molecule has 100 valence electrons. The molecule has 0 radical (unpaired) electrons. The van der Waals surface area contributed by atoms with Gasteiger partial charge < -0.3 is 15.2 Å². The first-order valence-corrected chi connectivity index (χ1v) is 6.77. The molecule has 0 atom stereocenters. The van der Waals surface area contributed by atoms with Crippen LogP contribution in [0.3, 0.4) is 0 Å². The van der Waals surface area contributed by atoms with Crippen LogP contribution in [0.1, 0.15) is 25.3 Å². The number of phenolic OH excluding ortho intramolecular Hbond substituents is 1. The number of ether oxygens (including phenoxy) is 1. The zero-order valence-corrected chi connectivity index (χ0v) is 12.0. The van der Waals surface area contributed by atoms with Crippen molar-refractivity contribution in [1.29, 1.82) is 0 Å². The molecule has 4 nitrogen and oxygen atoms in total. The molecule has 0 saturated heterocycles. The highest BCUT2D eigenvalue weighted by Crippen LogP contribution is 2.27. The van der Waals surface area contributed by atoms with Gasteiger partial charge >= 0.3 is 5.97 Å². The highest BCUT2D eigenvalue weighted by atomic mass is 79.9. The van der Waals surface area contributed by atoms with Gasteiger partial charge in [0.1, 0.15) is 5.75 Å². The van der Waals surface area contributed by atoms with E-state index in [1.54, 1.807) is 13.0 Å². The number of carbonyl (C=O) groups is 1. The molecule has 2 N–H and O–H groups in total. The summed E-state index contributed by atoms with van der Waals surface area (Å²) in [6.07, 6.45) is 1.15. The van der Waals surface area contributed by atoms with E-state index in [-0.39, 0.29) is 11.7 Å². The zero-order valence-electron chi connectivity index (χ0n) is 10.4. The Hall–Kier alpha value is -1.07. The van der Waals surface area contributed by atoms with Crippen molar-refractivity contribution in [3.05, 3.63) is 28.2 Å². The van der Waals surface area contributed by atoms with Crippen molar-refractivity contribution in [3.63, 3.8) is 0 Å². The van der Waals surface area contributed by atoms with Gasteiger partial charge in [0.15, 0.2) is 0 Å². The Kier molecular flexibility index (Phi) is 6.75. The normalized spacial score (nSPS) is 10.3. The van der Waals surface area contributed by atoms with E-state index in [1.165, 1.54) is 0 Å². The van der Waals surface area contributed by atoms with Crippen molar-refractivity contribution in [2.24, 2.45) is 0 Å². The Balaban J connectivity index is 2.22. The molecule has 0 aliphatic rings. The lowest BCUT2D eigenvalue weighted by molar-refractivity contribution is -0.143. The molecule has 0 fully saturated rings. The second-order valence-electron chi connectivity index (χ2n) is 3.83. The second-order valence-corrected chi connectivity index (χ2v) is 4.69. The lowest BCUT2D eigenvalue weighted by Crippen LogP contribution is -2.16. The summed E-state index contributed by atoms with van der Waals surface area (Å²) in [6, 6.07) is 5.53. The van der Waals surface area contributed by atoms with Crippen LogP contribution in [0.5, 0.6) is 5.75 Å². The number of hydrogen-bond donors (Lipinski definition) is 2. The maximum absolute atomic E-state index is 11.1. The number of para-hydroxylation sites is 1. The fraction of sp³-hybridized carbons (Fsp3) is 0.462. The van der Waals surface area contributed by atoms with Crippen LogP contribution in [-0.4, -0.2) is 24.2 Å². The van der Waals surface area contributed by atoms with Gasteiger partial charge in [0.05, 0.1) is 11.1 Å². The molecule has 0 unspecified atom stereocenters. The highest BCUT2D eigenvalue weighted by molar-refractivity contribution is 9.10. The first kappa shape index (κ1) is 15.0. The van der Waals surface area contributed by atoms with E-state index in [9.17, 15) is 9.90 Å². The van der Waals surface area contributed by atoms with Crippen LogP contribution in [0.2, 0.25) is 0 Å². The number of benzene rings is 1. The van der Waals surface area contributed by atoms with Gasteiger partial charge in [-0.05, 0) is 41.9 Å². The largest absolute Gasteiger partial charge is 0.506 e. The minimum absolute atomic E-state index is 0.162. The zero-order chi connectivity index (χ0) is 13.4. The molecule has 0 heterocycles. The molecule has 1 rings (SSSR count). The molecule has 5 heteroatoms. The van der Waals surface area contributed by atoms with E-state index in [2.05, 4.69) is 21.2 Å². The summed E-state index contributed by atoms with van der Waals surface area (Å²) in [5.74, 6) is 0.0972. The fourth-order valence-corrected chi connectivity index (χ4v) is 1.92. The van der Waals surface area contributed by atoms with Gasteiger partial charge in [0.2, 0.25) is 0 Å². The van der Waals surface area contributed by atoms with Crippen LogP contribution in [0.4, 0.5) is 0 Å². The summed E-state index contributed by atoms with van der Waals surface area (Å²) in [5, 5.41) is 12.9. The Morgan fingerprint density at radius 2 is 2.28 bits per heavy atom. The summed E-state index contributed by atoms with van der Waals surface area (Å²) in [4.78, 5) is 11.1. The first-order chi connectivity index (χ1) is 8.65. The quantitative estimate of drug-likeness (QED) is 0.600. The molecule has 0 aliphatic heterocycles. The van der Waals surface area contributed by atoms with E-state index in [0.29, 0.717) is 30.6 Å². The van der Waals surface area contributed by atoms with Crippen LogP contribution in [-0.2, 0) is 16.1 Å². The Bertz CT molecular complexity index is 396. The number of esters is 1. The third kappa shape index (κ3) is 5.06. The number of halogens is 1. The molecule has 0 amide bonds. The van der Waals surface area contributed by atoms with Crippen LogP contribution < -0.4 is 5.32 Å². The molecule has 0 aromatic heterocycles. The Morgan fingerprint density at radius 1 is 1.50 bits per heavy atom. The first-order valence-electron chi connectivity index (χ1n) is 5.97. The molecule has 0 aliphatic carbocycles. The van der Waals surface area contributed by atoms with E-state index < -0.39 is 0 Å². The third-order valence-electron chi connectivity index (χ3n) is 2.43. The third-order valence-corrected chi connectivity index (χ3v) is 3.07. The van der Waals surface area contributed by atoms with E-state index in [4.69, 9.17) is 4.74 Å². The van der Waals surface area contributed by atoms with Gasteiger partial charge in [-0.25, -0.2) is 0 Å². The lowest BCUT2D eigenvalue weighted by atomic mass is 10.2.